The van der Waals surface area contributed by atoms with Crippen LogP contribution in [0.1, 0.15) is 36.2 Å². The lowest BCUT2D eigenvalue weighted by molar-refractivity contribution is -0.127. The monoisotopic (exact) mass is 241 g/mol. The summed E-state index contributed by atoms with van der Waals surface area (Å²) in [5.74, 6) is -0.00296. The maximum absolute atomic E-state index is 12.4. The van der Waals surface area contributed by atoms with Gasteiger partial charge in [-0.3, -0.25) is 9.59 Å². The van der Waals surface area contributed by atoms with Gasteiger partial charge in [-0.05, 0) is 25.0 Å². The van der Waals surface area contributed by atoms with Crippen LogP contribution in [0.3, 0.4) is 0 Å². The maximum atomic E-state index is 12.4. The van der Waals surface area contributed by atoms with E-state index in [0.717, 1.165) is 18.3 Å². The molecule has 0 fully saturated rings. The van der Waals surface area contributed by atoms with Gasteiger partial charge in [0.25, 0.3) is 0 Å². The van der Waals surface area contributed by atoms with E-state index in [4.69, 9.17) is 0 Å². The van der Waals surface area contributed by atoms with Crippen LogP contribution in [0.15, 0.2) is 30.4 Å². The first-order valence-electron chi connectivity index (χ1n) is 6.11. The third kappa shape index (κ3) is 1.09. The van der Waals surface area contributed by atoms with Gasteiger partial charge in [0.15, 0.2) is 6.29 Å². The number of aldehydes is 1. The Morgan fingerprint density at radius 2 is 2.11 bits per heavy atom. The molecule has 0 saturated heterocycles. The third-order valence-electron chi connectivity index (χ3n) is 4.65. The summed E-state index contributed by atoms with van der Waals surface area (Å²) in [6.07, 6.45) is 5.69. The topological polar surface area (TPSA) is 46.2 Å². The van der Waals surface area contributed by atoms with Gasteiger partial charge in [0.05, 0.1) is 11.1 Å². The number of allylic oxidation sites excluding steroid dienone is 2. The van der Waals surface area contributed by atoms with Crippen molar-refractivity contribution in [1.82, 2.24) is 0 Å². The molecule has 3 rings (SSSR count). The molecule has 1 aliphatic carbocycles. The van der Waals surface area contributed by atoms with Gasteiger partial charge in [-0.25, -0.2) is 0 Å². The number of fused-ring (bicyclic) bond motifs is 3. The molecule has 3 heteroatoms. The summed E-state index contributed by atoms with van der Waals surface area (Å²) in [4.78, 5) is 23.5. The fourth-order valence-corrected chi connectivity index (χ4v) is 3.13. The minimum absolute atomic E-state index is 0.00296. The molecular weight excluding hydrogens is 226 g/mol. The number of para-hydroxylation sites is 1. The van der Waals surface area contributed by atoms with Crippen LogP contribution in [-0.2, 0) is 10.2 Å². The van der Waals surface area contributed by atoms with Crippen LogP contribution >= 0.6 is 0 Å². The minimum Gasteiger partial charge on any atom is -0.325 e. The lowest BCUT2D eigenvalue weighted by atomic mass is 9.61. The van der Waals surface area contributed by atoms with Crippen LogP contribution in [0, 0.1) is 5.41 Å². The van der Waals surface area contributed by atoms with E-state index in [2.05, 4.69) is 24.4 Å². The second kappa shape index (κ2) is 3.31. The third-order valence-corrected chi connectivity index (χ3v) is 4.65. The summed E-state index contributed by atoms with van der Waals surface area (Å²) in [5.41, 5.74) is 1.46. The van der Waals surface area contributed by atoms with Crippen LogP contribution in [-0.4, -0.2) is 12.2 Å². The van der Waals surface area contributed by atoms with Gasteiger partial charge in [0.2, 0.25) is 5.91 Å². The number of hydrogen-bond acceptors (Lipinski definition) is 2. The SMILES string of the molecule is CC12CC=CC1(C)c1cccc(C=O)c1NC2=O. The molecule has 18 heavy (non-hydrogen) atoms. The second-order valence-corrected chi connectivity index (χ2v) is 5.48. The van der Waals surface area contributed by atoms with E-state index < -0.39 is 5.41 Å². The van der Waals surface area contributed by atoms with Crippen molar-refractivity contribution in [3.63, 3.8) is 0 Å². The Morgan fingerprint density at radius 3 is 2.83 bits per heavy atom. The smallest absolute Gasteiger partial charge is 0.231 e. The van der Waals surface area contributed by atoms with Crippen LogP contribution in [0.2, 0.25) is 0 Å². The van der Waals surface area contributed by atoms with Gasteiger partial charge in [0.1, 0.15) is 0 Å². The maximum Gasteiger partial charge on any atom is 0.231 e. The van der Waals surface area contributed by atoms with Crippen molar-refractivity contribution in [2.75, 3.05) is 5.32 Å². The van der Waals surface area contributed by atoms with E-state index in [1.54, 1.807) is 6.07 Å². The molecule has 1 heterocycles. The first kappa shape index (κ1) is 11.2. The highest BCUT2D eigenvalue weighted by molar-refractivity contribution is 6.04. The number of anilines is 1. The zero-order valence-electron chi connectivity index (χ0n) is 10.5. The molecule has 1 amide bonds. The molecule has 2 unspecified atom stereocenters. The number of amides is 1. The highest BCUT2D eigenvalue weighted by Crippen LogP contribution is 2.55. The fourth-order valence-electron chi connectivity index (χ4n) is 3.13. The van der Waals surface area contributed by atoms with Crippen LogP contribution in [0.4, 0.5) is 5.69 Å². The van der Waals surface area contributed by atoms with Gasteiger partial charge >= 0.3 is 0 Å². The van der Waals surface area contributed by atoms with Crippen molar-refractivity contribution in [2.45, 2.75) is 25.7 Å². The first-order valence-corrected chi connectivity index (χ1v) is 6.11. The largest absolute Gasteiger partial charge is 0.325 e. The average Bonchev–Trinajstić information content (AvgIpc) is 2.68. The molecule has 2 aliphatic rings. The van der Waals surface area contributed by atoms with Gasteiger partial charge < -0.3 is 5.32 Å². The van der Waals surface area contributed by atoms with Gasteiger partial charge in [-0.15, -0.1) is 0 Å². The lowest BCUT2D eigenvalue weighted by Crippen LogP contribution is -2.50. The van der Waals surface area contributed by atoms with Crippen molar-refractivity contribution >= 4 is 17.9 Å². The predicted molar refractivity (Wildman–Crippen MR) is 69.7 cm³/mol. The standard InChI is InChI=1S/C15H15NO2/c1-14-7-4-8-15(14,2)13(18)16-12-10(9-17)5-3-6-11(12)14/h3-7,9H,8H2,1-2H3,(H,16,18). The predicted octanol–water partition coefficient (Wildman–Crippen LogP) is 2.68. The van der Waals surface area contributed by atoms with Crippen LogP contribution < -0.4 is 5.32 Å². The highest BCUT2D eigenvalue weighted by atomic mass is 16.2. The Bertz CT molecular complexity index is 590. The van der Waals surface area contributed by atoms with E-state index in [-0.39, 0.29) is 11.3 Å². The van der Waals surface area contributed by atoms with Crippen molar-refractivity contribution in [1.29, 1.82) is 0 Å². The van der Waals surface area contributed by atoms with Gasteiger partial charge in [0, 0.05) is 11.0 Å². The number of hydrogen-bond donors (Lipinski definition) is 1. The van der Waals surface area contributed by atoms with Crippen molar-refractivity contribution in [3.05, 3.63) is 41.5 Å². The van der Waals surface area contributed by atoms with Crippen molar-refractivity contribution < 1.29 is 9.59 Å². The van der Waals surface area contributed by atoms with E-state index >= 15 is 0 Å². The number of rotatable bonds is 1. The zero-order chi connectivity index (χ0) is 13.0. The number of carbonyl (C=O) groups is 2. The fraction of sp³-hybridized carbons (Fsp3) is 0.333. The molecule has 1 aliphatic heterocycles. The summed E-state index contributed by atoms with van der Waals surface area (Å²) in [6, 6.07) is 5.60. The molecule has 0 spiro atoms. The highest BCUT2D eigenvalue weighted by Gasteiger charge is 2.55. The molecule has 0 radical (unpaired) electrons. The molecule has 3 nitrogen and oxygen atoms in total. The van der Waals surface area contributed by atoms with E-state index in [0.29, 0.717) is 11.3 Å². The molecule has 1 aromatic rings. The summed E-state index contributed by atoms with van der Waals surface area (Å²) in [7, 11) is 0. The lowest BCUT2D eigenvalue weighted by Gasteiger charge is -2.45. The zero-order valence-corrected chi connectivity index (χ0v) is 10.5. The Morgan fingerprint density at radius 1 is 1.33 bits per heavy atom. The summed E-state index contributed by atoms with van der Waals surface area (Å²) in [5, 5.41) is 2.91. The quantitative estimate of drug-likeness (QED) is 0.607. The Hall–Kier alpha value is -1.90. The number of benzene rings is 1. The molecule has 1 aromatic carbocycles. The Labute approximate surface area is 106 Å². The number of nitrogens with one attached hydrogen (secondary N) is 1. The van der Waals surface area contributed by atoms with E-state index in [1.807, 2.05) is 19.1 Å². The summed E-state index contributed by atoms with van der Waals surface area (Å²) >= 11 is 0. The Kier molecular flexibility index (Phi) is 2.06. The first-order chi connectivity index (χ1) is 8.53. The average molecular weight is 241 g/mol. The molecular formula is C15H15NO2. The Balaban J connectivity index is 2.32. The molecule has 2 atom stereocenters. The van der Waals surface area contributed by atoms with Gasteiger partial charge in [-0.2, -0.15) is 0 Å². The normalized spacial score (nSPS) is 32.7. The molecule has 92 valence electrons. The summed E-state index contributed by atoms with van der Waals surface area (Å²) in [6.45, 7) is 4.06. The van der Waals surface area contributed by atoms with Gasteiger partial charge in [-0.1, -0.05) is 31.2 Å². The molecule has 0 bridgehead atoms. The van der Waals surface area contributed by atoms with E-state index in [9.17, 15) is 9.59 Å². The van der Waals surface area contributed by atoms with Crippen molar-refractivity contribution in [2.24, 2.45) is 5.41 Å². The van der Waals surface area contributed by atoms with E-state index in [1.165, 1.54) is 0 Å². The van der Waals surface area contributed by atoms with Crippen LogP contribution in [0.5, 0.6) is 0 Å². The van der Waals surface area contributed by atoms with Crippen LogP contribution in [0.25, 0.3) is 0 Å². The summed E-state index contributed by atoms with van der Waals surface area (Å²) < 4.78 is 0. The molecule has 0 saturated carbocycles. The molecule has 0 aromatic heterocycles. The molecule has 1 N–H and O–H groups in total. The number of carbonyl (C=O) groups excluding carboxylic acids is 2. The van der Waals surface area contributed by atoms with Crippen molar-refractivity contribution in [3.8, 4) is 0 Å². The minimum atomic E-state index is -0.457. The second-order valence-electron chi connectivity index (χ2n) is 5.48.